The van der Waals surface area contributed by atoms with E-state index in [0.29, 0.717) is 6.04 Å². The van der Waals surface area contributed by atoms with Crippen LogP contribution in [0, 0.1) is 0 Å². The molecule has 0 unspecified atom stereocenters. The summed E-state index contributed by atoms with van der Waals surface area (Å²) in [4.78, 5) is 2.40. The molecule has 0 aromatic carbocycles. The van der Waals surface area contributed by atoms with Gasteiger partial charge in [0, 0.05) is 18.0 Å². The first kappa shape index (κ1) is 7.24. The van der Waals surface area contributed by atoms with E-state index in [1.165, 1.54) is 24.8 Å². The molecule has 0 saturated carbocycles. The van der Waals surface area contributed by atoms with Gasteiger partial charge in [0.15, 0.2) is 0 Å². The Bertz CT molecular complexity index is 120. The Morgan fingerprint density at radius 3 is 2.44 bits per heavy atom. The quantitative estimate of drug-likeness (QED) is 0.505. The predicted octanol–water partition coefficient (Wildman–Crippen LogP) is 1.76. The van der Waals surface area contributed by atoms with E-state index < -0.39 is 0 Å². The van der Waals surface area contributed by atoms with E-state index in [9.17, 15) is 0 Å². The average Bonchev–Trinajstić information content (AvgIpc) is 2.13. The highest BCUT2D eigenvalue weighted by molar-refractivity contribution is 7.20. The first-order valence-electron chi connectivity index (χ1n) is 3.56. The van der Waals surface area contributed by atoms with Crippen molar-refractivity contribution in [3.8, 4) is 0 Å². The van der Waals surface area contributed by atoms with Gasteiger partial charge >= 0.3 is 0 Å². The van der Waals surface area contributed by atoms with E-state index in [2.05, 4.69) is 27.6 Å². The van der Waals surface area contributed by atoms with Gasteiger partial charge < -0.3 is 0 Å². The van der Waals surface area contributed by atoms with Crippen LogP contribution in [-0.4, -0.2) is 22.9 Å². The lowest BCUT2D eigenvalue weighted by molar-refractivity contribution is 0.383. The van der Waals surface area contributed by atoms with Gasteiger partial charge in [-0.2, -0.15) is 0 Å². The highest BCUT2D eigenvalue weighted by atomic mass is 31.0. The van der Waals surface area contributed by atoms with Gasteiger partial charge in [-0.1, -0.05) is 0 Å². The van der Waals surface area contributed by atoms with Crippen molar-refractivity contribution in [2.24, 2.45) is 0 Å². The Kier molecular flexibility index (Phi) is 2.26. The van der Waals surface area contributed by atoms with Crippen molar-refractivity contribution in [1.82, 2.24) is 4.90 Å². The monoisotopic (exact) mass is 143 g/mol. The van der Waals surface area contributed by atoms with Gasteiger partial charge in [-0.05, 0) is 26.7 Å². The van der Waals surface area contributed by atoms with Gasteiger partial charge in [-0.15, -0.1) is 8.86 Å². The summed E-state index contributed by atoms with van der Waals surface area (Å²) in [5.74, 6) is 0. The van der Waals surface area contributed by atoms with Crippen LogP contribution < -0.4 is 0 Å². The molecule has 1 nitrogen and oxygen atoms in total. The Labute approximate surface area is 59.3 Å². The SMILES string of the molecule is CC(C)N1CCCC1=P. The minimum atomic E-state index is 0.667. The van der Waals surface area contributed by atoms with E-state index in [4.69, 9.17) is 0 Å². The third-order valence-corrected chi connectivity index (χ3v) is 2.32. The second kappa shape index (κ2) is 2.81. The van der Waals surface area contributed by atoms with Gasteiger partial charge in [-0.3, -0.25) is 4.90 Å². The maximum absolute atomic E-state index is 3.60. The van der Waals surface area contributed by atoms with Crippen LogP contribution in [-0.2, 0) is 0 Å². The maximum atomic E-state index is 3.60. The van der Waals surface area contributed by atoms with Gasteiger partial charge in [0.25, 0.3) is 0 Å². The van der Waals surface area contributed by atoms with Crippen molar-refractivity contribution in [3.63, 3.8) is 0 Å². The van der Waals surface area contributed by atoms with Gasteiger partial charge in [0.1, 0.15) is 0 Å². The predicted molar refractivity (Wildman–Crippen MR) is 44.4 cm³/mol. The summed E-state index contributed by atoms with van der Waals surface area (Å²) in [6.07, 6.45) is 2.55. The highest BCUT2D eigenvalue weighted by Gasteiger charge is 2.18. The van der Waals surface area contributed by atoms with Crippen LogP contribution in [0.15, 0.2) is 0 Å². The van der Waals surface area contributed by atoms with Crippen molar-refractivity contribution < 1.29 is 0 Å². The fourth-order valence-electron chi connectivity index (χ4n) is 1.27. The van der Waals surface area contributed by atoms with E-state index >= 15 is 0 Å². The van der Waals surface area contributed by atoms with Crippen LogP contribution in [0.4, 0.5) is 0 Å². The van der Waals surface area contributed by atoms with Crippen molar-refractivity contribution >= 4 is 14.3 Å². The number of hydrogen-bond acceptors (Lipinski definition) is 0. The van der Waals surface area contributed by atoms with Crippen molar-refractivity contribution in [3.05, 3.63) is 0 Å². The summed E-state index contributed by atoms with van der Waals surface area (Å²) in [5.41, 5.74) is 1.38. The zero-order chi connectivity index (χ0) is 6.85. The largest absolute Gasteiger partial charge is 0.273 e. The molecule has 9 heavy (non-hydrogen) atoms. The van der Waals surface area contributed by atoms with Crippen LogP contribution in [0.1, 0.15) is 26.7 Å². The molecule has 0 radical (unpaired) electrons. The normalized spacial score (nSPS) is 21.9. The summed E-state index contributed by atoms with van der Waals surface area (Å²) < 4.78 is 0. The summed E-state index contributed by atoms with van der Waals surface area (Å²) >= 11 is 0. The summed E-state index contributed by atoms with van der Waals surface area (Å²) in [7, 11) is 3.60. The molecule has 0 aliphatic carbocycles. The molecular weight excluding hydrogens is 129 g/mol. The number of rotatable bonds is 1. The Hall–Kier alpha value is 0.130. The smallest absolute Gasteiger partial charge is 0.0146 e. The Morgan fingerprint density at radius 1 is 1.56 bits per heavy atom. The molecule has 1 rings (SSSR count). The molecule has 2 heteroatoms. The lowest BCUT2D eigenvalue weighted by Gasteiger charge is -2.19. The van der Waals surface area contributed by atoms with E-state index in [0.717, 1.165) is 0 Å². The number of hydrogen-bond donors (Lipinski definition) is 0. The molecule has 0 aromatic rings. The second-order valence-electron chi connectivity index (χ2n) is 2.84. The van der Waals surface area contributed by atoms with Crippen LogP contribution >= 0.6 is 8.86 Å². The molecule has 1 heterocycles. The third kappa shape index (κ3) is 1.53. The lowest BCUT2D eigenvalue weighted by Crippen LogP contribution is -2.30. The minimum absolute atomic E-state index is 0.667. The fraction of sp³-hybridized carbons (Fsp3) is 0.857. The highest BCUT2D eigenvalue weighted by Crippen LogP contribution is 2.14. The summed E-state index contributed by atoms with van der Waals surface area (Å²) in [6, 6.07) is 0.667. The molecule has 0 atom stereocenters. The lowest BCUT2D eigenvalue weighted by atomic mass is 10.3. The zero-order valence-electron chi connectivity index (χ0n) is 6.15. The first-order chi connectivity index (χ1) is 4.22. The molecule has 1 aliphatic rings. The van der Waals surface area contributed by atoms with Crippen molar-refractivity contribution in [2.45, 2.75) is 32.7 Å². The summed E-state index contributed by atoms with van der Waals surface area (Å²) in [5, 5.41) is 0. The van der Waals surface area contributed by atoms with Crippen LogP contribution in [0.5, 0.6) is 0 Å². The van der Waals surface area contributed by atoms with E-state index in [-0.39, 0.29) is 0 Å². The van der Waals surface area contributed by atoms with Crippen LogP contribution in [0.3, 0.4) is 0 Å². The first-order valence-corrected chi connectivity index (χ1v) is 4.06. The van der Waals surface area contributed by atoms with Gasteiger partial charge in [-0.25, -0.2) is 0 Å². The number of likely N-dealkylation sites (tertiary alicyclic amines) is 1. The Balaban J connectivity index is 2.49. The fourth-order valence-corrected chi connectivity index (χ4v) is 1.81. The van der Waals surface area contributed by atoms with Crippen LogP contribution in [0.25, 0.3) is 0 Å². The topological polar surface area (TPSA) is 3.24 Å². The molecular formula is C7H14NP. The average molecular weight is 143 g/mol. The zero-order valence-corrected chi connectivity index (χ0v) is 7.15. The molecule has 0 aromatic heterocycles. The molecule has 1 saturated heterocycles. The molecule has 0 amide bonds. The molecule has 0 bridgehead atoms. The molecule has 52 valence electrons. The van der Waals surface area contributed by atoms with Crippen molar-refractivity contribution in [1.29, 1.82) is 0 Å². The van der Waals surface area contributed by atoms with Gasteiger partial charge in [0.05, 0.1) is 0 Å². The molecule has 0 spiro atoms. The minimum Gasteiger partial charge on any atom is -0.273 e. The van der Waals surface area contributed by atoms with E-state index in [1.807, 2.05) is 0 Å². The number of nitrogens with zero attached hydrogens (tertiary/aromatic N) is 1. The van der Waals surface area contributed by atoms with Crippen molar-refractivity contribution in [2.75, 3.05) is 6.54 Å². The molecule has 0 N–H and O–H groups in total. The molecule has 1 aliphatic heterocycles. The standard InChI is InChI=1S/C7H14NP/c1-6(2)8-5-3-4-7(8)9/h6,9H,3-5H2,1-2H3. The second-order valence-corrected chi connectivity index (χ2v) is 3.41. The maximum Gasteiger partial charge on any atom is 0.0146 e. The van der Waals surface area contributed by atoms with Gasteiger partial charge in [0.2, 0.25) is 0 Å². The van der Waals surface area contributed by atoms with Crippen LogP contribution in [0.2, 0.25) is 0 Å². The Morgan fingerprint density at radius 2 is 2.22 bits per heavy atom. The summed E-state index contributed by atoms with van der Waals surface area (Å²) in [6.45, 7) is 5.69. The van der Waals surface area contributed by atoms with E-state index in [1.54, 1.807) is 0 Å². The molecule has 1 fully saturated rings. The third-order valence-electron chi connectivity index (χ3n) is 1.78.